The van der Waals surface area contributed by atoms with Crippen LogP contribution in [-0.4, -0.2) is 22.3 Å². The van der Waals surface area contributed by atoms with E-state index in [9.17, 15) is 4.79 Å². The van der Waals surface area contributed by atoms with Crippen molar-refractivity contribution in [3.05, 3.63) is 99.5 Å². The Morgan fingerprint density at radius 2 is 1.67 bits per heavy atom. The number of amides is 1. The highest BCUT2D eigenvalue weighted by atomic mass is 79.9. The molecule has 0 radical (unpaired) electrons. The number of rotatable bonds is 2. The fourth-order valence-electron chi connectivity index (χ4n) is 4.50. The van der Waals surface area contributed by atoms with Gasteiger partial charge in [0.15, 0.2) is 0 Å². The van der Waals surface area contributed by atoms with Crippen LogP contribution in [0.2, 0.25) is 0 Å². The number of carbonyl (C=O) groups excluding carboxylic acids is 1. The summed E-state index contributed by atoms with van der Waals surface area (Å²) in [4.78, 5) is 20.7. The Hall–Kier alpha value is -2.98. The number of benzene rings is 3. The molecule has 1 aliphatic rings. The topological polar surface area (TPSA) is 33.2 Å². The van der Waals surface area contributed by atoms with Gasteiger partial charge in [0.2, 0.25) is 0 Å². The number of carbonyl (C=O) groups is 1. The van der Waals surface area contributed by atoms with E-state index in [0.717, 1.165) is 39.6 Å². The molecule has 166 valence electrons. The Balaban J connectivity index is 1.58. The maximum Gasteiger partial charge on any atom is 0.254 e. The van der Waals surface area contributed by atoms with Crippen molar-refractivity contribution in [2.75, 3.05) is 6.54 Å². The van der Waals surface area contributed by atoms with Gasteiger partial charge in [-0.1, -0.05) is 85.2 Å². The van der Waals surface area contributed by atoms with Gasteiger partial charge in [0, 0.05) is 28.5 Å². The van der Waals surface area contributed by atoms with E-state index < -0.39 is 0 Å². The van der Waals surface area contributed by atoms with Crippen LogP contribution in [0.5, 0.6) is 0 Å². The fourth-order valence-corrected chi connectivity index (χ4v) is 4.86. The van der Waals surface area contributed by atoms with Crippen molar-refractivity contribution in [1.29, 1.82) is 0 Å². The molecule has 0 bridgehead atoms. The van der Waals surface area contributed by atoms with E-state index in [4.69, 9.17) is 4.98 Å². The van der Waals surface area contributed by atoms with Crippen molar-refractivity contribution in [3.63, 3.8) is 0 Å². The van der Waals surface area contributed by atoms with Gasteiger partial charge in [0.1, 0.15) is 0 Å². The average molecular weight is 499 g/mol. The quantitative estimate of drug-likeness (QED) is 0.293. The lowest BCUT2D eigenvalue weighted by Crippen LogP contribution is -2.36. The molecule has 4 aromatic rings. The standard InChI is InChI=1S/C29H27BrN2O/c1-29(2,3)22-10-8-20(9-11-22)27-17-25(24-16-23(30)12-13-26(24)31-27)28(33)32-15-14-19-6-4-5-7-21(19)18-32/h4-13,16-17H,14-15,18H2,1-3H3. The van der Waals surface area contributed by atoms with E-state index in [0.29, 0.717) is 12.1 Å². The highest BCUT2D eigenvalue weighted by Gasteiger charge is 2.24. The maximum atomic E-state index is 13.8. The number of halogens is 1. The van der Waals surface area contributed by atoms with Crippen molar-refractivity contribution < 1.29 is 4.79 Å². The summed E-state index contributed by atoms with van der Waals surface area (Å²) >= 11 is 3.57. The molecular weight excluding hydrogens is 472 g/mol. The van der Waals surface area contributed by atoms with Gasteiger partial charge in [0.05, 0.1) is 16.8 Å². The first-order valence-electron chi connectivity index (χ1n) is 11.4. The van der Waals surface area contributed by atoms with Crippen LogP contribution >= 0.6 is 15.9 Å². The van der Waals surface area contributed by atoms with Gasteiger partial charge < -0.3 is 4.90 Å². The Morgan fingerprint density at radius 3 is 2.39 bits per heavy atom. The lowest BCUT2D eigenvalue weighted by molar-refractivity contribution is 0.0736. The predicted octanol–water partition coefficient (Wildman–Crippen LogP) is 7.16. The third-order valence-electron chi connectivity index (χ3n) is 6.47. The van der Waals surface area contributed by atoms with Crippen molar-refractivity contribution in [1.82, 2.24) is 9.88 Å². The Bertz CT molecular complexity index is 1350. The maximum absolute atomic E-state index is 13.8. The van der Waals surface area contributed by atoms with Gasteiger partial charge in [-0.25, -0.2) is 4.98 Å². The zero-order valence-electron chi connectivity index (χ0n) is 19.2. The molecule has 5 rings (SSSR count). The normalized spacial score (nSPS) is 13.8. The molecule has 4 heteroatoms. The minimum absolute atomic E-state index is 0.0579. The van der Waals surface area contributed by atoms with E-state index in [1.54, 1.807) is 0 Å². The van der Waals surface area contributed by atoms with E-state index in [1.807, 2.05) is 35.2 Å². The molecule has 0 unspecified atom stereocenters. The Labute approximate surface area is 203 Å². The second-order valence-corrected chi connectivity index (χ2v) is 10.7. The first-order chi connectivity index (χ1) is 15.8. The van der Waals surface area contributed by atoms with Crippen LogP contribution in [0.15, 0.2) is 77.3 Å². The van der Waals surface area contributed by atoms with E-state index in [1.165, 1.54) is 16.7 Å². The van der Waals surface area contributed by atoms with Crippen LogP contribution in [0.1, 0.15) is 47.8 Å². The zero-order valence-corrected chi connectivity index (χ0v) is 20.8. The number of pyridine rings is 1. The molecule has 1 aliphatic heterocycles. The molecule has 0 aliphatic carbocycles. The van der Waals surface area contributed by atoms with Crippen LogP contribution in [0.4, 0.5) is 0 Å². The van der Waals surface area contributed by atoms with Crippen molar-refractivity contribution >= 4 is 32.7 Å². The van der Waals surface area contributed by atoms with Gasteiger partial charge in [-0.3, -0.25) is 4.79 Å². The minimum Gasteiger partial charge on any atom is -0.334 e. The molecular formula is C29H27BrN2O. The van der Waals surface area contributed by atoms with E-state index in [2.05, 4.69) is 79.2 Å². The molecule has 0 saturated carbocycles. The van der Waals surface area contributed by atoms with Gasteiger partial charge in [-0.05, 0) is 52.8 Å². The highest BCUT2D eigenvalue weighted by Crippen LogP contribution is 2.31. The summed E-state index contributed by atoms with van der Waals surface area (Å²) in [6.45, 7) is 8.00. The van der Waals surface area contributed by atoms with Gasteiger partial charge in [-0.2, -0.15) is 0 Å². The third-order valence-corrected chi connectivity index (χ3v) is 6.96. The minimum atomic E-state index is 0.0579. The molecule has 33 heavy (non-hydrogen) atoms. The number of aromatic nitrogens is 1. The second kappa shape index (κ2) is 8.42. The van der Waals surface area contributed by atoms with Crippen LogP contribution in [0.25, 0.3) is 22.2 Å². The molecule has 0 fully saturated rings. The largest absolute Gasteiger partial charge is 0.334 e. The average Bonchev–Trinajstić information content (AvgIpc) is 2.82. The van der Waals surface area contributed by atoms with E-state index >= 15 is 0 Å². The summed E-state index contributed by atoms with van der Waals surface area (Å²) in [6.07, 6.45) is 0.885. The van der Waals surface area contributed by atoms with Crippen LogP contribution < -0.4 is 0 Å². The SMILES string of the molecule is CC(C)(C)c1ccc(-c2cc(C(=O)N3CCc4ccccc4C3)c3cc(Br)ccc3n2)cc1. The third kappa shape index (κ3) is 4.32. The molecule has 2 heterocycles. The summed E-state index contributed by atoms with van der Waals surface area (Å²) in [7, 11) is 0. The summed E-state index contributed by atoms with van der Waals surface area (Å²) in [5.41, 5.74) is 7.31. The number of hydrogen-bond acceptors (Lipinski definition) is 2. The summed E-state index contributed by atoms with van der Waals surface area (Å²) in [5.74, 6) is 0.0579. The van der Waals surface area contributed by atoms with Crippen LogP contribution in [0, 0.1) is 0 Å². The molecule has 1 amide bonds. The van der Waals surface area contributed by atoms with Gasteiger partial charge >= 0.3 is 0 Å². The highest BCUT2D eigenvalue weighted by molar-refractivity contribution is 9.10. The molecule has 3 aromatic carbocycles. The lowest BCUT2D eigenvalue weighted by Gasteiger charge is -2.29. The van der Waals surface area contributed by atoms with Gasteiger partial charge in [0.25, 0.3) is 5.91 Å². The van der Waals surface area contributed by atoms with Crippen molar-refractivity contribution in [2.24, 2.45) is 0 Å². The number of nitrogens with zero attached hydrogens (tertiary/aromatic N) is 2. The van der Waals surface area contributed by atoms with Crippen LogP contribution in [0.3, 0.4) is 0 Å². The second-order valence-electron chi connectivity index (χ2n) is 9.79. The van der Waals surface area contributed by atoms with E-state index in [-0.39, 0.29) is 11.3 Å². The monoisotopic (exact) mass is 498 g/mol. The summed E-state index contributed by atoms with van der Waals surface area (Å²) < 4.78 is 0.942. The van der Waals surface area contributed by atoms with Crippen LogP contribution in [-0.2, 0) is 18.4 Å². The Kier molecular flexibility index (Phi) is 5.57. The smallest absolute Gasteiger partial charge is 0.254 e. The summed E-state index contributed by atoms with van der Waals surface area (Å²) in [6, 6.07) is 24.9. The fraction of sp³-hybridized carbons (Fsp3) is 0.241. The van der Waals surface area contributed by atoms with Crippen molar-refractivity contribution in [3.8, 4) is 11.3 Å². The number of hydrogen-bond donors (Lipinski definition) is 0. The molecule has 0 N–H and O–H groups in total. The first kappa shape index (κ1) is 21.8. The predicted molar refractivity (Wildman–Crippen MR) is 138 cm³/mol. The summed E-state index contributed by atoms with van der Waals surface area (Å²) in [5, 5.41) is 0.878. The Morgan fingerprint density at radius 1 is 0.939 bits per heavy atom. The molecule has 0 saturated heterocycles. The lowest BCUT2D eigenvalue weighted by atomic mass is 9.86. The zero-order chi connectivity index (χ0) is 23.2. The molecule has 0 atom stereocenters. The van der Waals surface area contributed by atoms with Crippen molar-refractivity contribution in [2.45, 2.75) is 39.2 Å². The number of fused-ring (bicyclic) bond motifs is 2. The first-order valence-corrected chi connectivity index (χ1v) is 12.2. The van der Waals surface area contributed by atoms with Gasteiger partial charge in [-0.15, -0.1) is 0 Å². The molecule has 1 aromatic heterocycles. The molecule has 3 nitrogen and oxygen atoms in total. The molecule has 0 spiro atoms.